The fraction of sp³-hybridized carbons (Fsp3) is 0.412. The molecule has 0 saturated carbocycles. The summed E-state index contributed by atoms with van der Waals surface area (Å²) in [6.07, 6.45) is 2.34. The predicted octanol–water partition coefficient (Wildman–Crippen LogP) is 5.23. The number of rotatable bonds is 7. The van der Waals surface area contributed by atoms with Crippen LogP contribution in [0.15, 0.2) is 45.6 Å². The number of thiophene rings is 1. The normalized spacial score (nSPS) is 12.8. The highest BCUT2D eigenvalue weighted by molar-refractivity contribution is 9.10. The standard InChI is InChI=1S/C17H22BrNS/c1-13(2)19-11-16(7-6-14-8-9-20-12-14)15-4-3-5-17(18)10-15/h3-5,8-10,12-13,16,19H,6-7,11H2,1-2H3. The summed E-state index contributed by atoms with van der Waals surface area (Å²) in [6, 6.07) is 11.5. The average molecular weight is 352 g/mol. The van der Waals surface area contributed by atoms with Crippen LogP contribution in [0.3, 0.4) is 0 Å². The van der Waals surface area contributed by atoms with Gasteiger partial charge >= 0.3 is 0 Å². The van der Waals surface area contributed by atoms with Crippen molar-refractivity contribution in [3.05, 3.63) is 56.7 Å². The fourth-order valence-corrected chi connectivity index (χ4v) is 3.42. The molecule has 1 unspecified atom stereocenters. The van der Waals surface area contributed by atoms with Gasteiger partial charge in [0.15, 0.2) is 0 Å². The van der Waals surface area contributed by atoms with Gasteiger partial charge in [-0.25, -0.2) is 0 Å². The molecule has 3 heteroatoms. The lowest BCUT2D eigenvalue weighted by Gasteiger charge is -2.20. The van der Waals surface area contributed by atoms with Crippen LogP contribution in [-0.4, -0.2) is 12.6 Å². The van der Waals surface area contributed by atoms with Crippen molar-refractivity contribution in [2.24, 2.45) is 0 Å². The van der Waals surface area contributed by atoms with Crippen LogP contribution >= 0.6 is 27.3 Å². The second-order valence-electron chi connectivity index (χ2n) is 5.49. The Bertz CT molecular complexity index is 507. The van der Waals surface area contributed by atoms with E-state index in [1.54, 1.807) is 11.3 Å². The lowest BCUT2D eigenvalue weighted by molar-refractivity contribution is 0.508. The Hall–Kier alpha value is -0.640. The number of nitrogens with one attached hydrogen (secondary N) is 1. The van der Waals surface area contributed by atoms with Crippen molar-refractivity contribution >= 4 is 27.3 Å². The highest BCUT2D eigenvalue weighted by atomic mass is 79.9. The van der Waals surface area contributed by atoms with Crippen LogP contribution in [0, 0.1) is 0 Å². The number of halogens is 1. The van der Waals surface area contributed by atoms with Crippen LogP contribution in [0.1, 0.15) is 37.3 Å². The molecule has 1 nitrogen and oxygen atoms in total. The molecule has 1 aromatic heterocycles. The number of benzene rings is 1. The van der Waals surface area contributed by atoms with Crippen LogP contribution in [0.2, 0.25) is 0 Å². The molecule has 1 heterocycles. The lowest BCUT2D eigenvalue weighted by atomic mass is 9.92. The minimum atomic E-state index is 0.533. The molecule has 1 aromatic carbocycles. The van der Waals surface area contributed by atoms with E-state index >= 15 is 0 Å². The third kappa shape index (κ3) is 5.04. The van der Waals surface area contributed by atoms with Gasteiger partial charge in [0.2, 0.25) is 0 Å². The molecule has 0 aliphatic carbocycles. The monoisotopic (exact) mass is 351 g/mol. The molecule has 0 spiro atoms. The molecular formula is C17H22BrNS. The Morgan fingerprint density at radius 3 is 2.75 bits per heavy atom. The van der Waals surface area contributed by atoms with Gasteiger partial charge in [0.25, 0.3) is 0 Å². The zero-order chi connectivity index (χ0) is 14.4. The van der Waals surface area contributed by atoms with E-state index in [-0.39, 0.29) is 0 Å². The zero-order valence-electron chi connectivity index (χ0n) is 12.1. The minimum Gasteiger partial charge on any atom is -0.314 e. The molecule has 0 bridgehead atoms. The molecule has 108 valence electrons. The van der Waals surface area contributed by atoms with Crippen LogP contribution < -0.4 is 5.32 Å². The van der Waals surface area contributed by atoms with Gasteiger partial charge in [-0.3, -0.25) is 0 Å². The molecule has 0 aliphatic rings. The second-order valence-corrected chi connectivity index (χ2v) is 7.18. The molecule has 1 N–H and O–H groups in total. The SMILES string of the molecule is CC(C)NCC(CCc1ccsc1)c1cccc(Br)c1. The van der Waals surface area contributed by atoms with Crippen LogP contribution in [-0.2, 0) is 6.42 Å². The van der Waals surface area contributed by atoms with Gasteiger partial charge in [-0.15, -0.1) is 0 Å². The Kier molecular flexibility index (Phi) is 6.27. The third-order valence-corrected chi connectivity index (χ3v) is 4.68. The molecule has 2 aromatic rings. The Labute approximate surface area is 134 Å². The lowest BCUT2D eigenvalue weighted by Crippen LogP contribution is -2.28. The van der Waals surface area contributed by atoms with Gasteiger partial charge in [-0.1, -0.05) is 41.9 Å². The average Bonchev–Trinajstić information content (AvgIpc) is 2.91. The Morgan fingerprint density at radius 2 is 2.10 bits per heavy atom. The summed E-state index contributed by atoms with van der Waals surface area (Å²) in [5, 5.41) is 8.00. The fourth-order valence-electron chi connectivity index (χ4n) is 2.30. The maximum atomic E-state index is 3.58. The van der Waals surface area contributed by atoms with Crippen molar-refractivity contribution in [3.8, 4) is 0 Å². The summed E-state index contributed by atoms with van der Waals surface area (Å²) < 4.78 is 1.17. The van der Waals surface area contributed by atoms with Crippen molar-refractivity contribution < 1.29 is 0 Å². The quantitative estimate of drug-likeness (QED) is 0.720. The van der Waals surface area contributed by atoms with E-state index in [4.69, 9.17) is 0 Å². The molecule has 2 rings (SSSR count). The van der Waals surface area contributed by atoms with E-state index in [9.17, 15) is 0 Å². The van der Waals surface area contributed by atoms with E-state index in [0.29, 0.717) is 12.0 Å². The summed E-state index contributed by atoms with van der Waals surface area (Å²) in [5.74, 6) is 0.565. The number of aryl methyl sites for hydroxylation is 1. The topological polar surface area (TPSA) is 12.0 Å². The summed E-state index contributed by atoms with van der Waals surface area (Å²) in [5.41, 5.74) is 2.88. The highest BCUT2D eigenvalue weighted by Crippen LogP contribution is 2.24. The summed E-state index contributed by atoms with van der Waals surface area (Å²) >= 11 is 5.37. The number of hydrogen-bond donors (Lipinski definition) is 1. The first-order valence-corrected chi connectivity index (χ1v) is 8.88. The minimum absolute atomic E-state index is 0.533. The van der Waals surface area contributed by atoms with Crippen molar-refractivity contribution in [1.29, 1.82) is 0 Å². The maximum Gasteiger partial charge on any atom is 0.0178 e. The maximum absolute atomic E-state index is 3.58. The van der Waals surface area contributed by atoms with Gasteiger partial charge in [0.1, 0.15) is 0 Å². The van der Waals surface area contributed by atoms with E-state index in [1.807, 2.05) is 0 Å². The summed E-state index contributed by atoms with van der Waals surface area (Å²) in [7, 11) is 0. The van der Waals surface area contributed by atoms with E-state index in [0.717, 1.165) is 13.0 Å². The van der Waals surface area contributed by atoms with Crippen LogP contribution in [0.4, 0.5) is 0 Å². The largest absolute Gasteiger partial charge is 0.314 e. The molecule has 0 fully saturated rings. The van der Waals surface area contributed by atoms with Gasteiger partial charge < -0.3 is 5.32 Å². The van der Waals surface area contributed by atoms with Crippen LogP contribution in [0.25, 0.3) is 0 Å². The van der Waals surface area contributed by atoms with Crippen molar-refractivity contribution in [2.75, 3.05) is 6.54 Å². The molecular weight excluding hydrogens is 330 g/mol. The molecule has 20 heavy (non-hydrogen) atoms. The predicted molar refractivity (Wildman–Crippen MR) is 92.7 cm³/mol. The van der Waals surface area contributed by atoms with Gasteiger partial charge in [-0.2, -0.15) is 11.3 Å². The molecule has 1 atom stereocenters. The van der Waals surface area contributed by atoms with Gasteiger partial charge in [0.05, 0.1) is 0 Å². The Morgan fingerprint density at radius 1 is 1.25 bits per heavy atom. The van der Waals surface area contributed by atoms with Gasteiger partial charge in [0, 0.05) is 17.1 Å². The third-order valence-electron chi connectivity index (χ3n) is 3.45. The highest BCUT2D eigenvalue weighted by Gasteiger charge is 2.12. The van der Waals surface area contributed by atoms with Crippen molar-refractivity contribution in [1.82, 2.24) is 5.32 Å². The van der Waals surface area contributed by atoms with Crippen LogP contribution in [0.5, 0.6) is 0 Å². The molecule has 0 aliphatic heterocycles. The number of hydrogen-bond acceptors (Lipinski definition) is 2. The van der Waals surface area contributed by atoms with Crippen molar-refractivity contribution in [3.63, 3.8) is 0 Å². The van der Waals surface area contributed by atoms with Gasteiger partial charge in [-0.05, 0) is 58.8 Å². The first kappa shape index (κ1) is 15.7. The Balaban J connectivity index is 2.03. The van der Waals surface area contributed by atoms with E-state index in [2.05, 4.69) is 76.2 Å². The second kappa shape index (κ2) is 7.96. The molecule has 0 saturated heterocycles. The van der Waals surface area contributed by atoms with Crippen molar-refractivity contribution in [2.45, 2.75) is 38.6 Å². The summed E-state index contributed by atoms with van der Waals surface area (Å²) in [6.45, 7) is 5.45. The molecule has 0 amide bonds. The molecule has 0 radical (unpaired) electrons. The first-order valence-electron chi connectivity index (χ1n) is 7.15. The van der Waals surface area contributed by atoms with E-state index in [1.165, 1.54) is 22.0 Å². The first-order chi connectivity index (χ1) is 9.65. The summed E-state index contributed by atoms with van der Waals surface area (Å²) in [4.78, 5) is 0. The zero-order valence-corrected chi connectivity index (χ0v) is 14.5. The van der Waals surface area contributed by atoms with E-state index < -0.39 is 0 Å². The smallest absolute Gasteiger partial charge is 0.0178 e.